The van der Waals surface area contributed by atoms with Crippen molar-refractivity contribution in [1.82, 2.24) is 0 Å². The Balaban J connectivity index is 1.91. The Morgan fingerprint density at radius 2 is 1.83 bits per heavy atom. The van der Waals surface area contributed by atoms with E-state index in [0.717, 1.165) is 24.3 Å². The summed E-state index contributed by atoms with van der Waals surface area (Å²) in [7, 11) is 0. The van der Waals surface area contributed by atoms with Gasteiger partial charge in [-0.2, -0.15) is 0 Å². The first-order valence-corrected chi connectivity index (χ1v) is 9.35. The molecule has 3 aliphatic rings. The van der Waals surface area contributed by atoms with Crippen LogP contribution in [0.3, 0.4) is 0 Å². The fourth-order valence-electron chi connectivity index (χ4n) is 6.50. The number of hydrogen-bond donors (Lipinski definition) is 2. The molecule has 2 N–H and O–H groups in total. The van der Waals surface area contributed by atoms with Crippen LogP contribution in [0.4, 0.5) is 0 Å². The minimum atomic E-state index is -0.0763. The molecule has 3 fully saturated rings. The summed E-state index contributed by atoms with van der Waals surface area (Å²) in [6, 6.07) is 0. The maximum absolute atomic E-state index is 9.66. The van der Waals surface area contributed by atoms with Gasteiger partial charge in [0, 0.05) is 0 Å². The van der Waals surface area contributed by atoms with Gasteiger partial charge in [-0.05, 0) is 67.3 Å². The second kappa shape index (κ2) is 5.86. The van der Waals surface area contributed by atoms with Gasteiger partial charge in [0.1, 0.15) is 0 Å². The first-order valence-electron chi connectivity index (χ1n) is 9.35. The Morgan fingerprint density at radius 1 is 1.09 bits per heavy atom. The van der Waals surface area contributed by atoms with E-state index in [2.05, 4.69) is 27.7 Å². The number of aliphatic hydroxyl groups excluding tert-OH is 2. The summed E-state index contributed by atoms with van der Waals surface area (Å²) in [5.41, 5.74) is 1.54. The molecule has 0 aromatic carbocycles. The molecule has 3 heteroatoms. The van der Waals surface area contributed by atoms with Crippen LogP contribution in [-0.2, 0) is 4.74 Å². The summed E-state index contributed by atoms with van der Waals surface area (Å²) in [4.78, 5) is 0. The lowest BCUT2D eigenvalue weighted by atomic mass is 9.45. The topological polar surface area (TPSA) is 49.7 Å². The zero-order chi connectivity index (χ0) is 16.9. The van der Waals surface area contributed by atoms with Crippen molar-refractivity contribution in [1.29, 1.82) is 0 Å². The van der Waals surface area contributed by atoms with Crippen molar-refractivity contribution in [3.63, 3.8) is 0 Å². The van der Waals surface area contributed by atoms with Crippen LogP contribution in [0.25, 0.3) is 0 Å². The fourth-order valence-corrected chi connectivity index (χ4v) is 6.50. The van der Waals surface area contributed by atoms with Crippen molar-refractivity contribution in [2.24, 2.45) is 22.7 Å². The Morgan fingerprint density at radius 3 is 2.48 bits per heavy atom. The SMILES string of the molecule is CC1(C)CCCC2(C)C1CCC1(C)OC(C(=CCO)CO)CC12. The summed E-state index contributed by atoms with van der Waals surface area (Å²) in [6.07, 6.45) is 9.03. The van der Waals surface area contributed by atoms with Gasteiger partial charge in [-0.3, -0.25) is 0 Å². The number of ether oxygens (including phenoxy) is 1. The van der Waals surface area contributed by atoms with Gasteiger partial charge < -0.3 is 14.9 Å². The van der Waals surface area contributed by atoms with Crippen LogP contribution in [0.2, 0.25) is 0 Å². The Kier molecular flexibility index (Phi) is 4.44. The zero-order valence-corrected chi connectivity index (χ0v) is 15.3. The monoisotopic (exact) mass is 322 g/mol. The summed E-state index contributed by atoms with van der Waals surface area (Å²) < 4.78 is 6.50. The van der Waals surface area contributed by atoms with Gasteiger partial charge in [-0.1, -0.05) is 33.3 Å². The van der Waals surface area contributed by atoms with Crippen LogP contribution in [0.15, 0.2) is 11.6 Å². The molecule has 0 amide bonds. The Hall–Kier alpha value is -0.380. The summed E-state index contributed by atoms with van der Waals surface area (Å²) in [5.74, 6) is 1.32. The van der Waals surface area contributed by atoms with Crippen molar-refractivity contribution >= 4 is 0 Å². The van der Waals surface area contributed by atoms with E-state index in [9.17, 15) is 10.2 Å². The van der Waals surface area contributed by atoms with Gasteiger partial charge in [-0.15, -0.1) is 0 Å². The average Bonchev–Trinajstić information content (AvgIpc) is 2.82. The van der Waals surface area contributed by atoms with Crippen molar-refractivity contribution in [2.45, 2.75) is 77.9 Å². The third kappa shape index (κ3) is 2.69. The van der Waals surface area contributed by atoms with Gasteiger partial charge in [0.05, 0.1) is 24.9 Å². The maximum Gasteiger partial charge on any atom is 0.0819 e. The fraction of sp³-hybridized carbons (Fsp3) is 0.900. The van der Waals surface area contributed by atoms with Gasteiger partial charge in [0.15, 0.2) is 0 Å². The predicted octanol–water partition coefficient (Wildman–Crippen LogP) is 3.69. The maximum atomic E-state index is 9.66. The summed E-state index contributed by atoms with van der Waals surface area (Å²) in [5, 5.41) is 18.9. The normalized spacial score (nSPS) is 46.3. The van der Waals surface area contributed by atoms with Crippen molar-refractivity contribution in [3.8, 4) is 0 Å². The Labute approximate surface area is 141 Å². The number of hydrogen-bond acceptors (Lipinski definition) is 3. The highest BCUT2D eigenvalue weighted by Crippen LogP contribution is 2.65. The van der Waals surface area contributed by atoms with E-state index in [0.29, 0.717) is 16.7 Å². The molecule has 1 saturated heterocycles. The van der Waals surface area contributed by atoms with Crippen molar-refractivity contribution in [2.75, 3.05) is 13.2 Å². The standard InChI is InChI=1S/C20H34O3/c1-18(2)8-5-9-19(3)16(18)6-10-20(4)17(19)12-15(23-20)14(13-22)7-11-21/h7,15-17,21-22H,5-6,8-13H2,1-4H3. The average molecular weight is 322 g/mol. The van der Waals surface area contributed by atoms with E-state index >= 15 is 0 Å². The van der Waals surface area contributed by atoms with Crippen LogP contribution < -0.4 is 0 Å². The van der Waals surface area contributed by atoms with E-state index in [4.69, 9.17) is 4.74 Å². The predicted molar refractivity (Wildman–Crippen MR) is 92.1 cm³/mol. The highest BCUT2D eigenvalue weighted by Gasteiger charge is 2.62. The molecule has 0 aromatic rings. The zero-order valence-electron chi connectivity index (χ0n) is 15.3. The second-order valence-electron chi connectivity index (χ2n) is 9.27. The highest BCUT2D eigenvalue weighted by molar-refractivity contribution is 5.18. The molecule has 5 atom stereocenters. The molecule has 1 aliphatic heterocycles. The molecule has 0 aromatic heterocycles. The lowest BCUT2D eigenvalue weighted by Crippen LogP contribution is -2.55. The van der Waals surface area contributed by atoms with Crippen LogP contribution in [0.1, 0.15) is 66.2 Å². The van der Waals surface area contributed by atoms with Crippen molar-refractivity contribution in [3.05, 3.63) is 11.6 Å². The van der Waals surface area contributed by atoms with E-state index in [1.807, 2.05) is 0 Å². The molecular weight excluding hydrogens is 288 g/mol. The van der Waals surface area contributed by atoms with Crippen LogP contribution in [0, 0.1) is 22.7 Å². The summed E-state index contributed by atoms with van der Waals surface area (Å²) in [6.45, 7) is 9.66. The molecule has 3 nitrogen and oxygen atoms in total. The van der Waals surface area contributed by atoms with E-state index < -0.39 is 0 Å². The molecule has 5 unspecified atom stereocenters. The number of fused-ring (bicyclic) bond motifs is 3. The molecule has 0 bridgehead atoms. The molecule has 0 spiro atoms. The molecular formula is C20H34O3. The third-order valence-corrected chi connectivity index (χ3v) is 7.55. The first kappa shape index (κ1) is 17.4. The van der Waals surface area contributed by atoms with Crippen molar-refractivity contribution < 1.29 is 14.9 Å². The molecule has 2 aliphatic carbocycles. The number of aliphatic hydroxyl groups is 2. The Bertz CT molecular complexity index is 483. The molecule has 2 saturated carbocycles. The number of rotatable bonds is 3. The second-order valence-corrected chi connectivity index (χ2v) is 9.27. The van der Waals surface area contributed by atoms with E-state index in [1.54, 1.807) is 6.08 Å². The smallest absolute Gasteiger partial charge is 0.0819 e. The minimum absolute atomic E-state index is 0.0142. The molecule has 3 rings (SSSR count). The van der Waals surface area contributed by atoms with Gasteiger partial charge >= 0.3 is 0 Å². The first-order chi connectivity index (χ1) is 10.8. The summed E-state index contributed by atoms with van der Waals surface area (Å²) >= 11 is 0. The molecule has 0 radical (unpaired) electrons. The quantitative estimate of drug-likeness (QED) is 0.779. The van der Waals surface area contributed by atoms with Crippen LogP contribution in [0.5, 0.6) is 0 Å². The molecule has 1 heterocycles. The van der Waals surface area contributed by atoms with Gasteiger partial charge in [0.2, 0.25) is 0 Å². The lowest BCUT2D eigenvalue weighted by Gasteiger charge is -2.60. The van der Waals surface area contributed by atoms with E-state index in [-0.39, 0.29) is 24.9 Å². The highest BCUT2D eigenvalue weighted by atomic mass is 16.5. The third-order valence-electron chi connectivity index (χ3n) is 7.55. The largest absolute Gasteiger partial charge is 0.392 e. The molecule has 132 valence electrons. The van der Waals surface area contributed by atoms with Gasteiger partial charge in [-0.25, -0.2) is 0 Å². The lowest BCUT2D eigenvalue weighted by molar-refractivity contribution is -0.152. The minimum Gasteiger partial charge on any atom is -0.392 e. The van der Waals surface area contributed by atoms with Gasteiger partial charge in [0.25, 0.3) is 0 Å². The molecule has 23 heavy (non-hydrogen) atoms. The van der Waals surface area contributed by atoms with Crippen LogP contribution >= 0.6 is 0 Å². The van der Waals surface area contributed by atoms with E-state index in [1.165, 1.54) is 25.7 Å². The van der Waals surface area contributed by atoms with Crippen LogP contribution in [-0.4, -0.2) is 35.1 Å².